The van der Waals surface area contributed by atoms with E-state index in [1.54, 1.807) is 36.4 Å². The fraction of sp³-hybridized carbons (Fsp3) is 0.133. The predicted octanol–water partition coefficient (Wildman–Crippen LogP) is 3.38. The molecule has 20 heavy (non-hydrogen) atoms. The topological polar surface area (TPSA) is 68.3 Å². The van der Waals surface area contributed by atoms with Gasteiger partial charge in [0.2, 0.25) is 0 Å². The second-order valence-corrected chi connectivity index (χ2v) is 4.50. The van der Waals surface area contributed by atoms with Gasteiger partial charge in [-0.15, -0.1) is 0 Å². The maximum atomic E-state index is 8.93. The molecule has 2 rings (SSSR count). The summed E-state index contributed by atoms with van der Waals surface area (Å²) in [6.45, 7) is 0.288. The van der Waals surface area contributed by atoms with E-state index in [2.05, 4.69) is 6.07 Å². The average Bonchev–Trinajstić information content (AvgIpc) is 2.46. The van der Waals surface area contributed by atoms with Gasteiger partial charge in [0.25, 0.3) is 0 Å². The van der Waals surface area contributed by atoms with E-state index in [1.807, 2.05) is 0 Å². The van der Waals surface area contributed by atoms with Crippen LogP contribution in [0.5, 0.6) is 11.5 Å². The molecule has 0 radical (unpaired) electrons. The molecule has 4 nitrogen and oxygen atoms in total. The van der Waals surface area contributed by atoms with Gasteiger partial charge in [0, 0.05) is 0 Å². The highest BCUT2D eigenvalue weighted by Crippen LogP contribution is 2.31. The summed E-state index contributed by atoms with van der Waals surface area (Å²) >= 11 is 6.03. The zero-order chi connectivity index (χ0) is 14.5. The SMILES string of the molecule is COc1cc(COc2c(N)cccc2Cl)ccc1C#N. The Labute approximate surface area is 122 Å². The number of rotatable bonds is 4. The van der Waals surface area contributed by atoms with Gasteiger partial charge in [0.05, 0.1) is 23.4 Å². The number of halogens is 1. The molecule has 0 fully saturated rings. The van der Waals surface area contributed by atoms with Crippen LogP contribution in [0.4, 0.5) is 5.69 Å². The monoisotopic (exact) mass is 288 g/mol. The second-order valence-electron chi connectivity index (χ2n) is 4.09. The third-order valence-electron chi connectivity index (χ3n) is 2.77. The van der Waals surface area contributed by atoms with Crippen molar-refractivity contribution in [1.82, 2.24) is 0 Å². The Balaban J connectivity index is 2.18. The Hall–Kier alpha value is -2.38. The highest BCUT2D eigenvalue weighted by Gasteiger charge is 2.08. The van der Waals surface area contributed by atoms with Crippen molar-refractivity contribution in [3.05, 3.63) is 52.5 Å². The summed E-state index contributed by atoms with van der Waals surface area (Å²) in [5, 5.41) is 9.39. The fourth-order valence-electron chi connectivity index (χ4n) is 1.75. The van der Waals surface area contributed by atoms with E-state index in [-0.39, 0.29) is 6.61 Å². The first-order valence-corrected chi connectivity index (χ1v) is 6.27. The lowest BCUT2D eigenvalue weighted by Crippen LogP contribution is -2.00. The van der Waals surface area contributed by atoms with Gasteiger partial charge in [0.15, 0.2) is 5.75 Å². The summed E-state index contributed by atoms with van der Waals surface area (Å²) in [5.41, 5.74) is 7.64. The molecular weight excluding hydrogens is 276 g/mol. The predicted molar refractivity (Wildman–Crippen MR) is 77.9 cm³/mol. The summed E-state index contributed by atoms with van der Waals surface area (Å²) in [4.78, 5) is 0. The third-order valence-corrected chi connectivity index (χ3v) is 3.06. The lowest BCUT2D eigenvalue weighted by Gasteiger charge is -2.11. The number of anilines is 1. The minimum absolute atomic E-state index is 0.288. The van der Waals surface area contributed by atoms with E-state index in [4.69, 9.17) is 32.1 Å². The minimum Gasteiger partial charge on any atom is -0.495 e. The van der Waals surface area contributed by atoms with Crippen molar-refractivity contribution in [2.24, 2.45) is 0 Å². The lowest BCUT2D eigenvalue weighted by molar-refractivity contribution is 0.307. The number of para-hydroxylation sites is 1. The number of benzene rings is 2. The Kier molecular flexibility index (Phi) is 4.34. The number of methoxy groups -OCH3 is 1. The van der Waals surface area contributed by atoms with Crippen LogP contribution in [-0.4, -0.2) is 7.11 Å². The molecule has 0 aliphatic carbocycles. The van der Waals surface area contributed by atoms with E-state index in [0.29, 0.717) is 27.8 Å². The Morgan fingerprint density at radius 3 is 2.75 bits per heavy atom. The number of nitrogen functional groups attached to an aromatic ring is 1. The number of nitrogens with two attached hydrogens (primary N) is 1. The van der Waals surface area contributed by atoms with E-state index in [1.165, 1.54) is 7.11 Å². The van der Waals surface area contributed by atoms with Crippen LogP contribution in [0.1, 0.15) is 11.1 Å². The van der Waals surface area contributed by atoms with Gasteiger partial charge < -0.3 is 15.2 Å². The summed E-state index contributed by atoms with van der Waals surface area (Å²) in [6.07, 6.45) is 0. The molecule has 102 valence electrons. The normalized spacial score (nSPS) is 9.85. The van der Waals surface area contributed by atoms with Crippen molar-refractivity contribution in [2.45, 2.75) is 6.61 Å². The van der Waals surface area contributed by atoms with Crippen molar-refractivity contribution >= 4 is 17.3 Å². The number of nitrogens with zero attached hydrogens (tertiary/aromatic N) is 1. The number of hydrogen-bond acceptors (Lipinski definition) is 4. The molecule has 2 aromatic carbocycles. The third kappa shape index (κ3) is 2.95. The molecule has 2 N–H and O–H groups in total. The Morgan fingerprint density at radius 1 is 1.30 bits per heavy atom. The minimum atomic E-state index is 0.288. The summed E-state index contributed by atoms with van der Waals surface area (Å²) in [6, 6.07) is 12.5. The van der Waals surface area contributed by atoms with Crippen molar-refractivity contribution in [3.8, 4) is 17.6 Å². The molecule has 0 aliphatic rings. The fourth-order valence-corrected chi connectivity index (χ4v) is 1.99. The van der Waals surface area contributed by atoms with Crippen LogP contribution >= 0.6 is 11.6 Å². The zero-order valence-electron chi connectivity index (χ0n) is 10.9. The number of nitriles is 1. The van der Waals surface area contributed by atoms with E-state index in [0.717, 1.165) is 5.56 Å². The summed E-state index contributed by atoms with van der Waals surface area (Å²) < 4.78 is 10.8. The molecule has 0 heterocycles. The van der Waals surface area contributed by atoms with Gasteiger partial charge in [-0.1, -0.05) is 23.7 Å². The molecule has 0 unspecified atom stereocenters. The van der Waals surface area contributed by atoms with Crippen LogP contribution in [0.25, 0.3) is 0 Å². The molecule has 2 aromatic rings. The smallest absolute Gasteiger partial charge is 0.161 e. The van der Waals surface area contributed by atoms with E-state index in [9.17, 15) is 0 Å². The van der Waals surface area contributed by atoms with E-state index >= 15 is 0 Å². The molecule has 0 bridgehead atoms. The first kappa shape index (κ1) is 14.0. The highest BCUT2D eigenvalue weighted by molar-refractivity contribution is 6.32. The molecule has 0 amide bonds. The molecular formula is C15H13ClN2O2. The molecule has 0 saturated heterocycles. The van der Waals surface area contributed by atoms with Crippen molar-refractivity contribution in [1.29, 1.82) is 5.26 Å². The first-order valence-electron chi connectivity index (χ1n) is 5.89. The lowest BCUT2D eigenvalue weighted by atomic mass is 10.1. The van der Waals surface area contributed by atoms with Gasteiger partial charge in [-0.3, -0.25) is 0 Å². The number of hydrogen-bond donors (Lipinski definition) is 1. The highest BCUT2D eigenvalue weighted by atomic mass is 35.5. The zero-order valence-corrected chi connectivity index (χ0v) is 11.6. The van der Waals surface area contributed by atoms with Gasteiger partial charge in [-0.2, -0.15) is 5.26 Å². The summed E-state index contributed by atoms with van der Waals surface area (Å²) in [5.74, 6) is 0.971. The summed E-state index contributed by atoms with van der Waals surface area (Å²) in [7, 11) is 1.52. The Bertz CT molecular complexity index is 645. The van der Waals surface area contributed by atoms with Gasteiger partial charge in [-0.05, 0) is 29.8 Å². The maximum absolute atomic E-state index is 8.93. The largest absolute Gasteiger partial charge is 0.495 e. The van der Waals surface area contributed by atoms with Gasteiger partial charge in [-0.25, -0.2) is 0 Å². The van der Waals surface area contributed by atoms with E-state index < -0.39 is 0 Å². The molecule has 5 heteroatoms. The van der Waals surface area contributed by atoms with Crippen molar-refractivity contribution in [3.63, 3.8) is 0 Å². The first-order chi connectivity index (χ1) is 9.65. The van der Waals surface area contributed by atoms with Crippen molar-refractivity contribution < 1.29 is 9.47 Å². The quantitative estimate of drug-likeness (QED) is 0.876. The number of ether oxygens (including phenoxy) is 2. The van der Waals surface area contributed by atoms with Crippen LogP contribution < -0.4 is 15.2 Å². The van der Waals surface area contributed by atoms with Gasteiger partial charge in [0.1, 0.15) is 18.4 Å². The molecule has 0 saturated carbocycles. The molecule has 0 aliphatic heterocycles. The van der Waals surface area contributed by atoms with Gasteiger partial charge >= 0.3 is 0 Å². The van der Waals surface area contributed by atoms with Crippen LogP contribution in [0.15, 0.2) is 36.4 Å². The van der Waals surface area contributed by atoms with Crippen LogP contribution in [0, 0.1) is 11.3 Å². The average molecular weight is 289 g/mol. The molecule has 0 aromatic heterocycles. The molecule has 0 atom stereocenters. The second kappa shape index (κ2) is 6.18. The van der Waals surface area contributed by atoms with Crippen molar-refractivity contribution in [2.75, 3.05) is 12.8 Å². The maximum Gasteiger partial charge on any atom is 0.161 e. The van der Waals surface area contributed by atoms with Crippen LogP contribution in [-0.2, 0) is 6.61 Å². The van der Waals surface area contributed by atoms with Crippen LogP contribution in [0.2, 0.25) is 5.02 Å². The molecule has 0 spiro atoms. The standard InChI is InChI=1S/C15H13ClN2O2/c1-19-14-7-10(5-6-11(14)8-17)9-20-15-12(16)3-2-4-13(15)18/h2-7H,9,18H2,1H3. The van der Waals surface area contributed by atoms with Crippen LogP contribution in [0.3, 0.4) is 0 Å². The Morgan fingerprint density at radius 2 is 2.10 bits per heavy atom.